The Kier molecular flexibility index (Phi) is 6.56. The summed E-state index contributed by atoms with van der Waals surface area (Å²) >= 11 is 0. The molecule has 3 amide bonds. The standard InChI is InChI=1S/C15H23N3O2/c1-11(2)8-9-17-14(19)13(18-15(16)20)10-12-6-4-3-5-7-12/h3-7,11,13H,8-10H2,1-2H3,(H,17,19)(H3,16,18,20)/t13-/m1/s1. The highest BCUT2D eigenvalue weighted by atomic mass is 16.2. The van der Waals surface area contributed by atoms with E-state index in [1.165, 1.54) is 0 Å². The fourth-order valence-corrected chi connectivity index (χ4v) is 1.84. The predicted molar refractivity (Wildman–Crippen MR) is 79.1 cm³/mol. The Morgan fingerprint density at radius 2 is 1.85 bits per heavy atom. The Labute approximate surface area is 119 Å². The molecule has 5 heteroatoms. The molecule has 0 aliphatic rings. The van der Waals surface area contributed by atoms with Crippen LogP contribution in [0.15, 0.2) is 30.3 Å². The van der Waals surface area contributed by atoms with Crippen LogP contribution >= 0.6 is 0 Å². The molecule has 0 aliphatic carbocycles. The highest BCUT2D eigenvalue weighted by molar-refractivity contribution is 5.86. The van der Waals surface area contributed by atoms with E-state index >= 15 is 0 Å². The number of rotatable bonds is 7. The van der Waals surface area contributed by atoms with E-state index in [1.807, 2.05) is 30.3 Å². The number of hydrogen-bond donors (Lipinski definition) is 3. The van der Waals surface area contributed by atoms with Crippen molar-refractivity contribution in [2.75, 3.05) is 6.54 Å². The van der Waals surface area contributed by atoms with Gasteiger partial charge in [-0.15, -0.1) is 0 Å². The molecule has 0 saturated carbocycles. The summed E-state index contributed by atoms with van der Waals surface area (Å²) in [5.41, 5.74) is 6.11. The molecule has 0 saturated heterocycles. The van der Waals surface area contributed by atoms with Gasteiger partial charge < -0.3 is 16.4 Å². The van der Waals surface area contributed by atoms with Gasteiger partial charge in [0.2, 0.25) is 5.91 Å². The Morgan fingerprint density at radius 3 is 2.40 bits per heavy atom. The van der Waals surface area contributed by atoms with Gasteiger partial charge in [0.1, 0.15) is 6.04 Å². The van der Waals surface area contributed by atoms with Crippen molar-refractivity contribution in [2.45, 2.75) is 32.7 Å². The van der Waals surface area contributed by atoms with Gasteiger partial charge >= 0.3 is 6.03 Å². The SMILES string of the molecule is CC(C)CCNC(=O)[C@@H](Cc1ccccc1)NC(N)=O. The van der Waals surface area contributed by atoms with E-state index in [0.29, 0.717) is 18.9 Å². The molecule has 20 heavy (non-hydrogen) atoms. The number of primary amides is 1. The van der Waals surface area contributed by atoms with Gasteiger partial charge in [0.25, 0.3) is 0 Å². The van der Waals surface area contributed by atoms with Gasteiger partial charge in [-0.25, -0.2) is 4.79 Å². The molecule has 0 unspecified atom stereocenters. The van der Waals surface area contributed by atoms with Crippen molar-refractivity contribution >= 4 is 11.9 Å². The van der Waals surface area contributed by atoms with Crippen LogP contribution in [-0.4, -0.2) is 24.5 Å². The molecular weight excluding hydrogens is 254 g/mol. The lowest BCUT2D eigenvalue weighted by Crippen LogP contribution is -2.50. The summed E-state index contributed by atoms with van der Waals surface area (Å²) in [6.45, 7) is 4.78. The molecule has 0 spiro atoms. The second-order valence-electron chi connectivity index (χ2n) is 5.22. The predicted octanol–water partition coefficient (Wildman–Crippen LogP) is 1.43. The summed E-state index contributed by atoms with van der Waals surface area (Å²) in [5.74, 6) is 0.320. The molecule has 0 radical (unpaired) electrons. The third-order valence-corrected chi connectivity index (χ3v) is 2.94. The van der Waals surface area contributed by atoms with Crippen LogP contribution in [0.2, 0.25) is 0 Å². The maximum Gasteiger partial charge on any atom is 0.312 e. The van der Waals surface area contributed by atoms with Gasteiger partial charge in [-0.2, -0.15) is 0 Å². The van der Waals surface area contributed by atoms with Crippen molar-refractivity contribution in [1.29, 1.82) is 0 Å². The van der Waals surface area contributed by atoms with E-state index in [4.69, 9.17) is 5.73 Å². The van der Waals surface area contributed by atoms with Gasteiger partial charge in [0, 0.05) is 13.0 Å². The smallest absolute Gasteiger partial charge is 0.312 e. The Bertz CT molecular complexity index is 432. The number of urea groups is 1. The minimum absolute atomic E-state index is 0.201. The molecule has 1 aromatic carbocycles. The van der Waals surface area contributed by atoms with Crippen molar-refractivity contribution < 1.29 is 9.59 Å². The molecule has 4 N–H and O–H groups in total. The van der Waals surface area contributed by atoms with E-state index in [1.54, 1.807) is 0 Å². The van der Waals surface area contributed by atoms with Crippen LogP contribution in [0, 0.1) is 5.92 Å². The minimum atomic E-state index is -0.690. The molecule has 1 aromatic rings. The molecule has 1 rings (SSSR count). The number of hydrogen-bond acceptors (Lipinski definition) is 2. The van der Waals surface area contributed by atoms with Crippen molar-refractivity contribution in [3.05, 3.63) is 35.9 Å². The zero-order chi connectivity index (χ0) is 15.0. The first-order valence-electron chi connectivity index (χ1n) is 6.86. The molecule has 0 aromatic heterocycles. The molecule has 5 nitrogen and oxygen atoms in total. The summed E-state index contributed by atoms with van der Waals surface area (Å²) in [4.78, 5) is 23.1. The first-order chi connectivity index (χ1) is 9.49. The summed E-state index contributed by atoms with van der Waals surface area (Å²) in [6, 6.07) is 8.20. The molecule has 0 fully saturated rings. The molecule has 0 aliphatic heterocycles. The Hall–Kier alpha value is -2.04. The van der Waals surface area contributed by atoms with Gasteiger partial charge in [-0.05, 0) is 17.9 Å². The van der Waals surface area contributed by atoms with E-state index in [9.17, 15) is 9.59 Å². The zero-order valence-electron chi connectivity index (χ0n) is 12.1. The van der Waals surface area contributed by atoms with E-state index in [2.05, 4.69) is 24.5 Å². The van der Waals surface area contributed by atoms with Gasteiger partial charge in [-0.3, -0.25) is 4.79 Å². The number of carbonyl (C=O) groups is 2. The van der Waals surface area contributed by atoms with Crippen LogP contribution in [0.3, 0.4) is 0 Å². The first-order valence-corrected chi connectivity index (χ1v) is 6.86. The fourth-order valence-electron chi connectivity index (χ4n) is 1.84. The van der Waals surface area contributed by atoms with Crippen LogP contribution in [-0.2, 0) is 11.2 Å². The second kappa shape index (κ2) is 8.19. The lowest BCUT2D eigenvalue weighted by Gasteiger charge is -2.17. The van der Waals surface area contributed by atoms with Crippen molar-refractivity contribution in [1.82, 2.24) is 10.6 Å². The summed E-state index contributed by atoms with van der Waals surface area (Å²) < 4.78 is 0. The quantitative estimate of drug-likeness (QED) is 0.704. The monoisotopic (exact) mass is 277 g/mol. The average Bonchev–Trinajstić information content (AvgIpc) is 2.38. The van der Waals surface area contributed by atoms with E-state index < -0.39 is 12.1 Å². The number of carbonyl (C=O) groups excluding carboxylic acids is 2. The van der Waals surface area contributed by atoms with Gasteiger partial charge in [0.05, 0.1) is 0 Å². The summed E-state index contributed by atoms with van der Waals surface area (Å²) in [5, 5.41) is 5.32. The van der Waals surface area contributed by atoms with Crippen LogP contribution < -0.4 is 16.4 Å². The molecule has 0 heterocycles. The Morgan fingerprint density at radius 1 is 1.20 bits per heavy atom. The highest BCUT2D eigenvalue weighted by Crippen LogP contribution is 2.04. The molecule has 1 atom stereocenters. The third kappa shape index (κ3) is 6.22. The van der Waals surface area contributed by atoms with E-state index in [-0.39, 0.29) is 5.91 Å². The lowest BCUT2D eigenvalue weighted by atomic mass is 10.1. The minimum Gasteiger partial charge on any atom is -0.354 e. The number of amides is 3. The summed E-state index contributed by atoms with van der Waals surface area (Å²) in [7, 11) is 0. The summed E-state index contributed by atoms with van der Waals surface area (Å²) in [6.07, 6.45) is 1.33. The van der Waals surface area contributed by atoms with Gasteiger partial charge in [-0.1, -0.05) is 44.2 Å². The van der Waals surface area contributed by atoms with Crippen LogP contribution in [0.5, 0.6) is 0 Å². The normalized spacial score (nSPS) is 11.9. The topological polar surface area (TPSA) is 84.2 Å². The molecule has 0 bridgehead atoms. The van der Waals surface area contributed by atoms with Crippen LogP contribution in [0.25, 0.3) is 0 Å². The third-order valence-electron chi connectivity index (χ3n) is 2.94. The largest absolute Gasteiger partial charge is 0.354 e. The van der Waals surface area contributed by atoms with Crippen LogP contribution in [0.4, 0.5) is 4.79 Å². The van der Waals surface area contributed by atoms with Gasteiger partial charge in [0.15, 0.2) is 0 Å². The van der Waals surface area contributed by atoms with Crippen molar-refractivity contribution in [3.8, 4) is 0 Å². The number of benzene rings is 1. The fraction of sp³-hybridized carbons (Fsp3) is 0.467. The van der Waals surface area contributed by atoms with Crippen molar-refractivity contribution in [2.24, 2.45) is 11.7 Å². The Balaban J connectivity index is 2.59. The number of nitrogens with one attached hydrogen (secondary N) is 2. The second-order valence-corrected chi connectivity index (χ2v) is 5.22. The average molecular weight is 277 g/mol. The molecule has 110 valence electrons. The molecular formula is C15H23N3O2. The van der Waals surface area contributed by atoms with Crippen molar-refractivity contribution in [3.63, 3.8) is 0 Å². The highest BCUT2D eigenvalue weighted by Gasteiger charge is 2.19. The first kappa shape index (κ1) is 16.0. The maximum atomic E-state index is 12.1. The zero-order valence-corrected chi connectivity index (χ0v) is 12.1. The van der Waals surface area contributed by atoms with Crippen LogP contribution in [0.1, 0.15) is 25.8 Å². The lowest BCUT2D eigenvalue weighted by molar-refractivity contribution is -0.122. The number of nitrogens with two attached hydrogens (primary N) is 1. The maximum absolute atomic E-state index is 12.1. The van der Waals surface area contributed by atoms with E-state index in [0.717, 1.165) is 12.0 Å².